The van der Waals surface area contributed by atoms with E-state index in [9.17, 15) is 9.90 Å². The predicted molar refractivity (Wildman–Crippen MR) is 173 cm³/mol. The summed E-state index contributed by atoms with van der Waals surface area (Å²) in [5.74, 6) is 0.316. The molecule has 224 valence electrons. The number of imidazole rings is 1. The Kier molecular flexibility index (Phi) is 9.37. The standard InChI is InChI=1S/C36H35ClN4O3/c37-29-15-11-25(12-16-29)19-30(23-42)40-36(43)33-8-4-7-32-34(17-18-44-35(32)33)39-21-31-20-38-24-41(31)22-26-9-13-28(14-10-26)27-5-2-1-3-6-27/h1-16,20,24,30,34,39,42H,17-19,21-23H2,(H,40,43). The number of hydrogen-bond donors (Lipinski definition) is 3. The molecule has 0 saturated heterocycles. The SMILES string of the molecule is O=C(NC(CO)Cc1ccc(Cl)cc1)c1cccc2c1OCCC2NCc1cncn1Cc1ccc(-c2ccccc2)cc1. The summed E-state index contributed by atoms with van der Waals surface area (Å²) < 4.78 is 8.20. The number of carbonyl (C=O) groups is 1. The van der Waals surface area contributed by atoms with Crippen LogP contribution in [0.15, 0.2) is 110 Å². The largest absolute Gasteiger partial charge is 0.492 e. The van der Waals surface area contributed by atoms with E-state index in [1.807, 2.05) is 42.9 Å². The molecule has 0 fully saturated rings. The van der Waals surface area contributed by atoms with Gasteiger partial charge in [-0.25, -0.2) is 4.98 Å². The Morgan fingerprint density at radius 2 is 1.70 bits per heavy atom. The fourth-order valence-corrected chi connectivity index (χ4v) is 5.77. The molecule has 0 bridgehead atoms. The van der Waals surface area contributed by atoms with Gasteiger partial charge in [-0.2, -0.15) is 0 Å². The number of benzene rings is 4. The Balaban J connectivity index is 1.10. The van der Waals surface area contributed by atoms with E-state index in [1.54, 1.807) is 18.2 Å². The van der Waals surface area contributed by atoms with Crippen molar-refractivity contribution in [2.45, 2.75) is 38.0 Å². The molecule has 44 heavy (non-hydrogen) atoms. The summed E-state index contributed by atoms with van der Waals surface area (Å²) in [4.78, 5) is 17.8. The molecule has 0 radical (unpaired) electrons. The van der Waals surface area contributed by atoms with Crippen LogP contribution in [-0.4, -0.2) is 39.8 Å². The van der Waals surface area contributed by atoms with Crippen LogP contribution in [-0.2, 0) is 19.5 Å². The Morgan fingerprint density at radius 3 is 2.48 bits per heavy atom. The summed E-state index contributed by atoms with van der Waals surface area (Å²) in [6, 6.07) is 31.7. The molecular weight excluding hydrogens is 572 g/mol. The van der Waals surface area contributed by atoms with Gasteiger partial charge in [0.05, 0.1) is 36.8 Å². The maximum Gasteiger partial charge on any atom is 0.255 e. The van der Waals surface area contributed by atoms with E-state index in [-0.39, 0.29) is 18.6 Å². The minimum Gasteiger partial charge on any atom is -0.492 e. The molecule has 4 aromatic carbocycles. The average molecular weight is 607 g/mol. The van der Waals surface area contributed by atoms with E-state index in [0.717, 1.165) is 29.8 Å². The number of aliphatic hydroxyl groups is 1. The van der Waals surface area contributed by atoms with Crippen molar-refractivity contribution >= 4 is 17.5 Å². The van der Waals surface area contributed by atoms with Crippen molar-refractivity contribution in [1.29, 1.82) is 0 Å². The fraction of sp³-hybridized carbons (Fsp3) is 0.222. The topological polar surface area (TPSA) is 88.4 Å². The normalized spacial score (nSPS) is 14.8. The molecule has 1 aliphatic heterocycles. The highest BCUT2D eigenvalue weighted by atomic mass is 35.5. The number of rotatable bonds is 11. The Morgan fingerprint density at radius 1 is 0.955 bits per heavy atom. The summed E-state index contributed by atoms with van der Waals surface area (Å²) in [6.07, 6.45) is 5.03. The van der Waals surface area contributed by atoms with Crippen molar-refractivity contribution in [3.63, 3.8) is 0 Å². The number of para-hydroxylation sites is 1. The number of aromatic nitrogens is 2. The molecule has 8 heteroatoms. The first-order chi connectivity index (χ1) is 21.6. The zero-order valence-electron chi connectivity index (χ0n) is 24.3. The van der Waals surface area contributed by atoms with Crippen LogP contribution in [0.25, 0.3) is 11.1 Å². The van der Waals surface area contributed by atoms with Gasteiger partial charge in [0, 0.05) is 42.3 Å². The number of carbonyl (C=O) groups excluding carboxylic acids is 1. The second-order valence-corrected chi connectivity index (χ2v) is 11.5. The first-order valence-electron chi connectivity index (χ1n) is 14.9. The number of halogens is 1. The average Bonchev–Trinajstić information content (AvgIpc) is 3.51. The highest BCUT2D eigenvalue weighted by molar-refractivity contribution is 6.30. The van der Waals surface area contributed by atoms with Crippen LogP contribution in [0.2, 0.25) is 5.02 Å². The molecule has 5 aromatic rings. The van der Waals surface area contributed by atoms with Crippen LogP contribution in [0.5, 0.6) is 5.75 Å². The second-order valence-electron chi connectivity index (χ2n) is 11.1. The van der Waals surface area contributed by atoms with Gasteiger partial charge >= 0.3 is 0 Å². The first-order valence-corrected chi connectivity index (χ1v) is 15.2. The van der Waals surface area contributed by atoms with Crippen LogP contribution >= 0.6 is 11.6 Å². The van der Waals surface area contributed by atoms with Gasteiger partial charge < -0.3 is 25.0 Å². The lowest BCUT2D eigenvalue weighted by Crippen LogP contribution is -2.39. The van der Waals surface area contributed by atoms with Gasteiger partial charge in [-0.1, -0.05) is 90.5 Å². The maximum absolute atomic E-state index is 13.3. The minimum absolute atomic E-state index is 0.0164. The van der Waals surface area contributed by atoms with Gasteiger partial charge in [-0.05, 0) is 46.9 Å². The lowest BCUT2D eigenvalue weighted by molar-refractivity contribution is 0.0910. The zero-order valence-corrected chi connectivity index (χ0v) is 25.1. The number of hydrogen-bond acceptors (Lipinski definition) is 5. The number of ether oxygens (including phenoxy) is 1. The molecule has 7 nitrogen and oxygen atoms in total. The van der Waals surface area contributed by atoms with E-state index < -0.39 is 6.04 Å². The molecule has 0 saturated carbocycles. The van der Waals surface area contributed by atoms with E-state index in [4.69, 9.17) is 16.3 Å². The predicted octanol–water partition coefficient (Wildman–Crippen LogP) is 6.20. The van der Waals surface area contributed by atoms with Gasteiger partial charge in [0.25, 0.3) is 5.91 Å². The van der Waals surface area contributed by atoms with Gasteiger partial charge in [-0.3, -0.25) is 4.79 Å². The summed E-state index contributed by atoms with van der Waals surface area (Å²) in [6.45, 7) is 1.66. The van der Waals surface area contributed by atoms with Crippen molar-refractivity contribution in [2.24, 2.45) is 0 Å². The first kappa shape index (κ1) is 29.6. The molecular formula is C36H35ClN4O3. The Hall–Kier alpha value is -4.43. The second kappa shape index (κ2) is 13.9. The van der Waals surface area contributed by atoms with Crippen LogP contribution in [0, 0.1) is 0 Å². The van der Waals surface area contributed by atoms with Crippen LogP contribution in [0.4, 0.5) is 0 Å². The number of aliphatic hydroxyl groups excluding tert-OH is 1. The molecule has 1 aliphatic rings. The third-order valence-corrected chi connectivity index (χ3v) is 8.26. The van der Waals surface area contributed by atoms with Crippen LogP contribution in [0.1, 0.15) is 45.2 Å². The van der Waals surface area contributed by atoms with Crippen molar-refractivity contribution < 1.29 is 14.6 Å². The van der Waals surface area contributed by atoms with E-state index in [1.165, 1.54) is 16.7 Å². The molecule has 6 rings (SSSR count). The quantitative estimate of drug-likeness (QED) is 0.167. The lowest BCUT2D eigenvalue weighted by atomic mass is 9.96. The summed E-state index contributed by atoms with van der Waals surface area (Å²) in [7, 11) is 0. The third-order valence-electron chi connectivity index (χ3n) is 8.01. The highest BCUT2D eigenvalue weighted by Crippen LogP contribution is 2.35. The van der Waals surface area contributed by atoms with Gasteiger partial charge in [-0.15, -0.1) is 0 Å². The number of nitrogens with zero attached hydrogens (tertiary/aromatic N) is 2. The van der Waals surface area contributed by atoms with Crippen molar-refractivity contribution in [3.05, 3.63) is 143 Å². The molecule has 1 amide bonds. The monoisotopic (exact) mass is 606 g/mol. The zero-order chi connectivity index (χ0) is 30.3. The Bertz CT molecular complexity index is 1690. The van der Waals surface area contributed by atoms with Crippen molar-refractivity contribution in [3.8, 4) is 16.9 Å². The lowest BCUT2D eigenvalue weighted by Gasteiger charge is -2.28. The van der Waals surface area contributed by atoms with E-state index in [0.29, 0.717) is 35.9 Å². The van der Waals surface area contributed by atoms with E-state index >= 15 is 0 Å². The highest BCUT2D eigenvalue weighted by Gasteiger charge is 2.27. The maximum atomic E-state index is 13.3. The molecule has 0 spiro atoms. The van der Waals surface area contributed by atoms with Crippen LogP contribution < -0.4 is 15.4 Å². The number of nitrogens with one attached hydrogen (secondary N) is 2. The number of fused-ring (bicyclic) bond motifs is 1. The minimum atomic E-state index is -0.438. The van der Waals surface area contributed by atoms with Crippen LogP contribution in [0.3, 0.4) is 0 Å². The van der Waals surface area contributed by atoms with Gasteiger partial charge in [0.1, 0.15) is 5.75 Å². The summed E-state index contributed by atoms with van der Waals surface area (Å²) in [5, 5.41) is 17.3. The molecule has 2 atom stereocenters. The van der Waals surface area contributed by atoms with Gasteiger partial charge in [0.2, 0.25) is 0 Å². The van der Waals surface area contributed by atoms with Crippen molar-refractivity contribution in [1.82, 2.24) is 20.2 Å². The fourth-order valence-electron chi connectivity index (χ4n) is 5.64. The Labute approximate surface area is 262 Å². The van der Waals surface area contributed by atoms with E-state index in [2.05, 4.69) is 68.7 Å². The smallest absolute Gasteiger partial charge is 0.255 e. The molecule has 2 unspecified atom stereocenters. The van der Waals surface area contributed by atoms with Gasteiger partial charge in [0.15, 0.2) is 0 Å². The molecule has 2 heterocycles. The molecule has 0 aliphatic carbocycles. The molecule has 1 aromatic heterocycles. The third kappa shape index (κ3) is 7.03. The van der Waals surface area contributed by atoms with Crippen molar-refractivity contribution in [2.75, 3.05) is 13.2 Å². The summed E-state index contributed by atoms with van der Waals surface area (Å²) in [5.41, 5.74) is 7.07. The number of amides is 1. The summed E-state index contributed by atoms with van der Waals surface area (Å²) >= 11 is 6.00. The molecule has 3 N–H and O–H groups in total.